The van der Waals surface area contributed by atoms with Crippen LogP contribution in [0.25, 0.3) is 0 Å². The van der Waals surface area contributed by atoms with Crippen molar-refractivity contribution in [3.05, 3.63) is 22.3 Å². The van der Waals surface area contributed by atoms with E-state index in [1.807, 2.05) is 19.0 Å². The summed E-state index contributed by atoms with van der Waals surface area (Å²) in [6.45, 7) is 1.10. The number of anilines is 1. The minimum absolute atomic E-state index is 0.0196. The van der Waals surface area contributed by atoms with Crippen LogP contribution in [0.15, 0.2) is 16.7 Å². The molecular weight excluding hydrogens is 336 g/mol. The van der Waals surface area contributed by atoms with Crippen molar-refractivity contribution in [2.75, 3.05) is 39.5 Å². The molecule has 1 aromatic rings. The van der Waals surface area contributed by atoms with Gasteiger partial charge in [-0.15, -0.1) is 0 Å². The third-order valence-corrected chi connectivity index (χ3v) is 3.98. The summed E-state index contributed by atoms with van der Waals surface area (Å²) in [6.07, 6.45) is 1.80. The molecule has 21 heavy (non-hydrogen) atoms. The van der Waals surface area contributed by atoms with E-state index in [2.05, 4.69) is 26.2 Å². The van der Waals surface area contributed by atoms with E-state index in [0.29, 0.717) is 24.3 Å². The molecule has 1 fully saturated rings. The van der Waals surface area contributed by atoms with E-state index in [9.17, 15) is 9.90 Å². The number of aromatic nitrogens is 1. The van der Waals surface area contributed by atoms with Crippen molar-refractivity contribution in [3.8, 4) is 0 Å². The zero-order chi connectivity index (χ0) is 15.6. The zero-order valence-corrected chi connectivity index (χ0v) is 14.1. The van der Waals surface area contributed by atoms with E-state index in [-0.39, 0.29) is 11.9 Å². The van der Waals surface area contributed by atoms with Gasteiger partial charge in [0, 0.05) is 36.8 Å². The molecule has 0 spiro atoms. The standard InChI is InChI=1S/C14H21BrN4O2/c1-16-13-12(4-9(15)6-17-13)14(21)19-8-11(20)5-10(19)7-18(2)3/h4,6,10-11,20H,5,7-8H2,1-3H3,(H,16,17). The molecule has 0 aliphatic carbocycles. The Bertz CT molecular complexity index is 524. The lowest BCUT2D eigenvalue weighted by atomic mass is 10.1. The molecule has 1 aliphatic rings. The number of aliphatic hydroxyl groups is 1. The van der Waals surface area contributed by atoms with Crippen molar-refractivity contribution in [1.29, 1.82) is 0 Å². The molecule has 0 saturated carbocycles. The summed E-state index contributed by atoms with van der Waals surface area (Å²) in [5.74, 6) is 0.449. The number of likely N-dealkylation sites (tertiary alicyclic amines) is 1. The first kappa shape index (κ1) is 16.2. The van der Waals surface area contributed by atoms with E-state index >= 15 is 0 Å². The van der Waals surface area contributed by atoms with Crippen LogP contribution in [-0.2, 0) is 0 Å². The fourth-order valence-electron chi connectivity index (χ4n) is 2.69. The van der Waals surface area contributed by atoms with Gasteiger partial charge in [-0.3, -0.25) is 4.79 Å². The molecule has 1 amide bonds. The molecule has 2 unspecified atom stereocenters. The molecule has 2 rings (SSSR count). The SMILES string of the molecule is CNc1ncc(Br)cc1C(=O)N1CC(O)CC1CN(C)C. The van der Waals surface area contributed by atoms with E-state index in [1.165, 1.54) is 0 Å². The maximum atomic E-state index is 12.8. The number of nitrogens with one attached hydrogen (secondary N) is 1. The largest absolute Gasteiger partial charge is 0.391 e. The molecule has 1 saturated heterocycles. The molecule has 1 aromatic heterocycles. The lowest BCUT2D eigenvalue weighted by Gasteiger charge is -2.27. The number of halogens is 1. The lowest BCUT2D eigenvalue weighted by molar-refractivity contribution is 0.0699. The Hall–Kier alpha value is -1.18. The van der Waals surface area contributed by atoms with Crippen LogP contribution in [0.2, 0.25) is 0 Å². The third-order valence-electron chi connectivity index (χ3n) is 3.55. The van der Waals surface area contributed by atoms with Gasteiger partial charge in [0.15, 0.2) is 0 Å². The second kappa shape index (κ2) is 6.72. The van der Waals surface area contributed by atoms with Gasteiger partial charge in [0.25, 0.3) is 5.91 Å². The van der Waals surface area contributed by atoms with Gasteiger partial charge in [0.2, 0.25) is 0 Å². The van der Waals surface area contributed by atoms with Crippen molar-refractivity contribution in [3.63, 3.8) is 0 Å². The van der Waals surface area contributed by atoms with Gasteiger partial charge in [-0.2, -0.15) is 0 Å². The number of likely N-dealkylation sites (N-methyl/N-ethyl adjacent to an activating group) is 1. The molecule has 2 N–H and O–H groups in total. The summed E-state index contributed by atoms with van der Waals surface area (Å²) >= 11 is 3.35. The Morgan fingerprint density at radius 1 is 1.62 bits per heavy atom. The number of amides is 1. The van der Waals surface area contributed by atoms with E-state index in [0.717, 1.165) is 11.0 Å². The van der Waals surface area contributed by atoms with Crippen molar-refractivity contribution >= 4 is 27.7 Å². The van der Waals surface area contributed by atoms with Crippen LogP contribution in [-0.4, -0.2) is 72.2 Å². The van der Waals surface area contributed by atoms with Crippen molar-refractivity contribution in [2.45, 2.75) is 18.6 Å². The highest BCUT2D eigenvalue weighted by Crippen LogP contribution is 2.25. The summed E-state index contributed by atoms with van der Waals surface area (Å²) < 4.78 is 0.758. The second-order valence-corrected chi connectivity index (χ2v) is 6.48. The molecule has 0 radical (unpaired) electrons. The second-order valence-electron chi connectivity index (χ2n) is 5.56. The Balaban J connectivity index is 2.27. The number of rotatable bonds is 4. The molecule has 2 atom stereocenters. The maximum Gasteiger partial charge on any atom is 0.258 e. The Labute approximate surface area is 133 Å². The van der Waals surface area contributed by atoms with Gasteiger partial charge >= 0.3 is 0 Å². The van der Waals surface area contributed by atoms with Crippen LogP contribution in [0.5, 0.6) is 0 Å². The van der Waals surface area contributed by atoms with Crippen LogP contribution in [0, 0.1) is 0 Å². The normalized spacial score (nSPS) is 21.9. The molecule has 116 valence electrons. The molecule has 0 aromatic carbocycles. The first-order valence-electron chi connectivity index (χ1n) is 6.89. The lowest BCUT2D eigenvalue weighted by Crippen LogP contribution is -2.41. The summed E-state index contributed by atoms with van der Waals surface area (Å²) in [7, 11) is 5.67. The predicted molar refractivity (Wildman–Crippen MR) is 85.5 cm³/mol. The number of carbonyl (C=O) groups is 1. The molecule has 7 heteroatoms. The highest BCUT2D eigenvalue weighted by atomic mass is 79.9. The van der Waals surface area contributed by atoms with Crippen LogP contribution >= 0.6 is 15.9 Å². The quantitative estimate of drug-likeness (QED) is 0.842. The Morgan fingerprint density at radius 2 is 2.33 bits per heavy atom. The van der Waals surface area contributed by atoms with Crippen LogP contribution in [0.3, 0.4) is 0 Å². The van der Waals surface area contributed by atoms with Crippen molar-refractivity contribution in [1.82, 2.24) is 14.8 Å². The fourth-order valence-corrected chi connectivity index (χ4v) is 3.02. The number of carbonyl (C=O) groups excluding carboxylic acids is 1. The molecule has 6 nitrogen and oxygen atoms in total. The number of β-amino-alcohol motifs (C(OH)–C–C–N with tert-alkyl or cyclic N) is 1. The van der Waals surface area contributed by atoms with Gasteiger partial charge in [-0.1, -0.05) is 0 Å². The third kappa shape index (κ3) is 3.72. The number of pyridine rings is 1. The van der Waals surface area contributed by atoms with Gasteiger partial charge in [0.05, 0.1) is 11.7 Å². The highest BCUT2D eigenvalue weighted by Gasteiger charge is 2.35. The minimum atomic E-state index is -0.461. The Kier molecular flexibility index (Phi) is 5.18. The summed E-state index contributed by atoms with van der Waals surface area (Å²) in [6, 6.07) is 1.78. The minimum Gasteiger partial charge on any atom is -0.391 e. The van der Waals surface area contributed by atoms with Crippen molar-refractivity contribution < 1.29 is 9.90 Å². The smallest absolute Gasteiger partial charge is 0.258 e. The van der Waals surface area contributed by atoms with E-state index in [1.54, 1.807) is 24.2 Å². The molecule has 0 bridgehead atoms. The molecule has 2 heterocycles. The fraction of sp³-hybridized carbons (Fsp3) is 0.571. The average Bonchev–Trinajstić information content (AvgIpc) is 2.77. The summed E-state index contributed by atoms with van der Waals surface area (Å²) in [4.78, 5) is 20.8. The number of hydrogen-bond acceptors (Lipinski definition) is 5. The summed E-state index contributed by atoms with van der Waals surface area (Å²) in [5, 5.41) is 12.8. The van der Waals surface area contributed by atoms with Crippen LogP contribution in [0.4, 0.5) is 5.82 Å². The first-order chi connectivity index (χ1) is 9.92. The van der Waals surface area contributed by atoms with E-state index < -0.39 is 6.10 Å². The number of nitrogens with zero attached hydrogens (tertiary/aromatic N) is 3. The number of hydrogen-bond donors (Lipinski definition) is 2. The monoisotopic (exact) mass is 356 g/mol. The van der Waals surface area contributed by atoms with Gasteiger partial charge < -0.3 is 20.2 Å². The zero-order valence-electron chi connectivity index (χ0n) is 12.5. The van der Waals surface area contributed by atoms with Gasteiger partial charge in [-0.05, 0) is 42.5 Å². The van der Waals surface area contributed by atoms with Gasteiger partial charge in [-0.25, -0.2) is 4.98 Å². The predicted octanol–water partition coefficient (Wildman–Crippen LogP) is 1.02. The van der Waals surface area contributed by atoms with E-state index in [4.69, 9.17) is 0 Å². The van der Waals surface area contributed by atoms with Crippen molar-refractivity contribution in [2.24, 2.45) is 0 Å². The topological polar surface area (TPSA) is 68.7 Å². The van der Waals surface area contributed by atoms with Crippen LogP contribution < -0.4 is 5.32 Å². The average molecular weight is 357 g/mol. The molecular formula is C14H21BrN4O2. The first-order valence-corrected chi connectivity index (χ1v) is 7.68. The van der Waals surface area contributed by atoms with Crippen LogP contribution in [0.1, 0.15) is 16.8 Å². The molecule has 1 aliphatic heterocycles. The van der Waals surface area contributed by atoms with Gasteiger partial charge in [0.1, 0.15) is 5.82 Å². The highest BCUT2D eigenvalue weighted by molar-refractivity contribution is 9.10. The number of aliphatic hydroxyl groups excluding tert-OH is 1. The Morgan fingerprint density at radius 3 is 2.95 bits per heavy atom. The summed E-state index contributed by atoms with van der Waals surface area (Å²) in [5.41, 5.74) is 0.518. The maximum absolute atomic E-state index is 12.8.